The summed E-state index contributed by atoms with van der Waals surface area (Å²) < 4.78 is 45.0. The van der Waals surface area contributed by atoms with Crippen molar-refractivity contribution in [1.82, 2.24) is 15.2 Å². The van der Waals surface area contributed by atoms with E-state index in [1.807, 2.05) is 51.1 Å². The fourth-order valence-electron chi connectivity index (χ4n) is 8.16. The Hall–Kier alpha value is -4.16. The molecule has 0 saturated carbocycles. The van der Waals surface area contributed by atoms with Crippen LogP contribution in [0.3, 0.4) is 0 Å². The van der Waals surface area contributed by atoms with Crippen LogP contribution in [0.1, 0.15) is 70.9 Å². The number of rotatable bonds is 8. The standard InChI is InChI=1S/C38H46F3N5O4/c1-6-46(28-9-15-50-16-10-28)32-20-27(18-29(25(32)4)34(47)42-21-30-23(2)17-24(3)43-35(30)48)26-7-8-31-33(19-26)44(5)36(49)37(31)11-13-45(14-12-37)22-38(39,40)41/h7-8,17-20,28H,6,9-16,21-22H2,1-5H3,(H,42,47)(H,43,48). The van der Waals surface area contributed by atoms with Gasteiger partial charge in [-0.3, -0.25) is 19.3 Å². The maximum absolute atomic E-state index is 14.0. The zero-order chi connectivity index (χ0) is 36.0. The number of H-pyrrole nitrogens is 1. The van der Waals surface area contributed by atoms with Crippen molar-refractivity contribution < 1.29 is 27.5 Å². The monoisotopic (exact) mass is 693 g/mol. The number of fused-ring (bicyclic) bond motifs is 2. The van der Waals surface area contributed by atoms with Gasteiger partial charge in [0.2, 0.25) is 5.91 Å². The smallest absolute Gasteiger partial charge is 0.381 e. The molecular formula is C38H46F3N5O4. The predicted molar refractivity (Wildman–Crippen MR) is 188 cm³/mol. The van der Waals surface area contributed by atoms with E-state index in [-0.39, 0.29) is 43.0 Å². The van der Waals surface area contributed by atoms with Crippen LogP contribution in [0.2, 0.25) is 0 Å². The molecule has 1 spiro atoms. The summed E-state index contributed by atoms with van der Waals surface area (Å²) in [4.78, 5) is 48.6. The number of nitrogens with one attached hydrogen (secondary N) is 2. The number of anilines is 2. The number of nitrogens with zero attached hydrogens (tertiary/aromatic N) is 3. The molecule has 9 nitrogen and oxygen atoms in total. The number of hydrogen-bond donors (Lipinski definition) is 2. The molecule has 50 heavy (non-hydrogen) atoms. The first-order valence-electron chi connectivity index (χ1n) is 17.4. The van der Waals surface area contributed by atoms with E-state index in [9.17, 15) is 27.6 Å². The van der Waals surface area contributed by atoms with Crippen molar-refractivity contribution in [2.45, 2.75) is 77.6 Å². The maximum atomic E-state index is 14.0. The lowest BCUT2D eigenvalue weighted by Gasteiger charge is -2.38. The minimum absolute atomic E-state index is 0.0744. The Labute approximate surface area is 290 Å². The van der Waals surface area contributed by atoms with Crippen LogP contribution in [0.4, 0.5) is 24.5 Å². The Morgan fingerprint density at radius 2 is 1.74 bits per heavy atom. The van der Waals surface area contributed by atoms with Gasteiger partial charge in [-0.25, -0.2) is 0 Å². The number of aromatic nitrogens is 1. The van der Waals surface area contributed by atoms with Crippen LogP contribution in [0.5, 0.6) is 0 Å². The highest BCUT2D eigenvalue weighted by Crippen LogP contribution is 2.49. The number of amides is 2. The molecule has 2 N–H and O–H groups in total. The first-order valence-corrected chi connectivity index (χ1v) is 17.4. The molecule has 2 saturated heterocycles. The van der Waals surface area contributed by atoms with Crippen molar-refractivity contribution in [1.29, 1.82) is 0 Å². The summed E-state index contributed by atoms with van der Waals surface area (Å²) in [7, 11) is 1.72. The Morgan fingerprint density at radius 3 is 2.38 bits per heavy atom. The van der Waals surface area contributed by atoms with Gasteiger partial charge in [0.15, 0.2) is 0 Å². The second kappa shape index (κ2) is 13.9. The van der Waals surface area contributed by atoms with Gasteiger partial charge in [0.05, 0.1) is 12.0 Å². The molecule has 4 heterocycles. The number of carbonyl (C=O) groups is 2. The SMILES string of the molecule is CCN(c1cc(-c2ccc3c(c2)N(C)C(=O)C32CCN(CC(F)(F)F)CC2)cc(C(=O)NCc2c(C)cc(C)[nH]c2=O)c1C)C1CCOCC1. The van der Waals surface area contributed by atoms with E-state index in [1.165, 1.54) is 4.90 Å². The maximum Gasteiger partial charge on any atom is 0.401 e. The summed E-state index contributed by atoms with van der Waals surface area (Å²) in [6, 6.07) is 11.9. The van der Waals surface area contributed by atoms with E-state index in [0.717, 1.165) is 64.3 Å². The van der Waals surface area contributed by atoms with Crippen LogP contribution in [-0.2, 0) is 21.5 Å². The van der Waals surface area contributed by atoms with Gasteiger partial charge in [-0.1, -0.05) is 12.1 Å². The molecule has 0 bridgehead atoms. The first kappa shape index (κ1) is 35.7. The molecule has 3 aromatic rings. The number of pyridine rings is 1. The summed E-state index contributed by atoms with van der Waals surface area (Å²) in [5.41, 5.74) is 6.40. The second-order valence-corrected chi connectivity index (χ2v) is 14.0. The average Bonchev–Trinajstić information content (AvgIpc) is 3.27. The lowest BCUT2D eigenvalue weighted by Crippen LogP contribution is -2.49. The zero-order valence-electron chi connectivity index (χ0n) is 29.4. The number of ether oxygens (including phenoxy) is 1. The summed E-state index contributed by atoms with van der Waals surface area (Å²) in [5.74, 6) is -0.398. The van der Waals surface area contributed by atoms with E-state index >= 15 is 0 Å². The Balaban J connectivity index is 1.37. The van der Waals surface area contributed by atoms with Crippen LogP contribution in [0.15, 0.2) is 41.2 Å². The van der Waals surface area contributed by atoms with Gasteiger partial charge in [0.1, 0.15) is 0 Å². The lowest BCUT2D eigenvalue weighted by atomic mass is 9.73. The topological polar surface area (TPSA) is 98.0 Å². The zero-order valence-corrected chi connectivity index (χ0v) is 29.4. The molecule has 2 fully saturated rings. The van der Waals surface area contributed by atoms with Gasteiger partial charge < -0.3 is 24.8 Å². The molecule has 0 unspecified atom stereocenters. The third-order valence-corrected chi connectivity index (χ3v) is 10.9. The molecule has 2 amide bonds. The second-order valence-electron chi connectivity index (χ2n) is 14.0. The van der Waals surface area contributed by atoms with Crippen molar-refractivity contribution in [3.63, 3.8) is 0 Å². The fraction of sp³-hybridized carbons (Fsp3) is 0.500. The Bertz CT molecular complexity index is 1840. The number of aryl methyl sites for hydroxylation is 2. The van der Waals surface area contributed by atoms with E-state index in [1.54, 1.807) is 11.9 Å². The molecule has 268 valence electrons. The molecule has 0 aliphatic carbocycles. The van der Waals surface area contributed by atoms with Crippen LogP contribution in [0, 0.1) is 20.8 Å². The number of alkyl halides is 3. The van der Waals surface area contributed by atoms with Crippen molar-refractivity contribution in [2.75, 3.05) is 56.2 Å². The van der Waals surface area contributed by atoms with Crippen molar-refractivity contribution in [2.24, 2.45) is 0 Å². The van der Waals surface area contributed by atoms with E-state index in [4.69, 9.17) is 4.74 Å². The molecular weight excluding hydrogens is 647 g/mol. The number of carbonyl (C=O) groups excluding carboxylic acids is 2. The molecule has 3 aliphatic heterocycles. The van der Waals surface area contributed by atoms with Crippen LogP contribution >= 0.6 is 0 Å². The van der Waals surface area contributed by atoms with Crippen LogP contribution in [0.25, 0.3) is 11.1 Å². The first-order chi connectivity index (χ1) is 23.7. The molecule has 0 radical (unpaired) electrons. The third-order valence-electron chi connectivity index (χ3n) is 10.9. The number of benzene rings is 2. The predicted octanol–water partition coefficient (Wildman–Crippen LogP) is 5.77. The minimum Gasteiger partial charge on any atom is -0.381 e. The quantitative estimate of drug-likeness (QED) is 0.311. The van der Waals surface area contributed by atoms with Gasteiger partial charge in [-0.05, 0) is 119 Å². The number of likely N-dealkylation sites (N-methyl/N-ethyl adjacent to an activating group) is 1. The number of piperidine rings is 1. The van der Waals surface area contributed by atoms with Crippen LogP contribution in [-0.4, -0.2) is 80.4 Å². The van der Waals surface area contributed by atoms with E-state index < -0.39 is 18.1 Å². The van der Waals surface area contributed by atoms with Crippen molar-refractivity contribution in [3.05, 3.63) is 80.3 Å². The molecule has 6 rings (SSSR count). The molecule has 12 heteroatoms. The summed E-state index contributed by atoms with van der Waals surface area (Å²) in [5, 5.41) is 2.99. The van der Waals surface area contributed by atoms with Gasteiger partial charge in [-0.15, -0.1) is 0 Å². The van der Waals surface area contributed by atoms with Gasteiger partial charge >= 0.3 is 6.18 Å². The lowest BCUT2D eigenvalue weighted by molar-refractivity contribution is -0.150. The molecule has 1 aromatic heterocycles. The molecule has 2 aromatic carbocycles. The third kappa shape index (κ3) is 6.79. The van der Waals surface area contributed by atoms with Gasteiger partial charge in [-0.2, -0.15) is 13.2 Å². The highest BCUT2D eigenvalue weighted by atomic mass is 19.4. The summed E-state index contributed by atoms with van der Waals surface area (Å²) in [6.45, 7) is 9.25. The largest absolute Gasteiger partial charge is 0.401 e. The highest BCUT2D eigenvalue weighted by molar-refractivity contribution is 6.08. The van der Waals surface area contributed by atoms with Crippen molar-refractivity contribution in [3.8, 4) is 11.1 Å². The molecule has 0 atom stereocenters. The highest BCUT2D eigenvalue weighted by Gasteiger charge is 2.51. The number of likely N-dealkylation sites (tertiary alicyclic amines) is 1. The van der Waals surface area contributed by atoms with Crippen molar-refractivity contribution >= 4 is 23.2 Å². The van der Waals surface area contributed by atoms with Gasteiger partial charge in [0, 0.05) is 67.6 Å². The Kier molecular flexibility index (Phi) is 9.89. The van der Waals surface area contributed by atoms with E-state index in [2.05, 4.69) is 28.2 Å². The number of hydrogen-bond acceptors (Lipinski definition) is 6. The Morgan fingerprint density at radius 1 is 1.04 bits per heavy atom. The summed E-state index contributed by atoms with van der Waals surface area (Å²) in [6.07, 6.45) is -1.92. The average molecular weight is 694 g/mol. The minimum atomic E-state index is -4.29. The summed E-state index contributed by atoms with van der Waals surface area (Å²) >= 11 is 0. The van der Waals surface area contributed by atoms with Crippen LogP contribution < -0.4 is 20.7 Å². The number of halogens is 3. The number of aromatic amines is 1. The van der Waals surface area contributed by atoms with Gasteiger partial charge in [0.25, 0.3) is 11.5 Å². The fourth-order valence-corrected chi connectivity index (χ4v) is 8.16. The molecule has 3 aliphatic rings. The van der Waals surface area contributed by atoms with E-state index in [0.29, 0.717) is 37.2 Å². The normalized spacial score (nSPS) is 18.1.